The minimum Gasteiger partial charge on any atom is -0.325 e. The molecule has 68 valence electrons. The highest BCUT2D eigenvalue weighted by atomic mass is 35.5. The van der Waals surface area contributed by atoms with E-state index in [0.717, 1.165) is 15.7 Å². The molecule has 2 N–H and O–H groups in total. The Labute approximate surface area is 88.2 Å². The first kappa shape index (κ1) is 9.08. The molecular weight excluding hydrogens is 226 g/mol. The van der Waals surface area contributed by atoms with Crippen LogP contribution in [0.5, 0.6) is 0 Å². The summed E-state index contributed by atoms with van der Waals surface area (Å²) in [4.78, 5) is 8.42. The number of hydrogen-bond donors (Lipinski definition) is 1. The van der Waals surface area contributed by atoms with Gasteiger partial charge >= 0.3 is 0 Å². The monoisotopic (exact) mass is 231 g/mol. The average molecular weight is 232 g/mol. The van der Waals surface area contributed by atoms with Gasteiger partial charge in [0, 0.05) is 11.9 Å². The first-order valence-electron chi connectivity index (χ1n) is 3.56. The molecule has 0 aliphatic heterocycles. The van der Waals surface area contributed by atoms with Gasteiger partial charge in [-0.2, -0.15) is 0 Å². The third kappa shape index (κ3) is 1.88. The molecule has 0 saturated heterocycles. The molecule has 2 aromatic rings. The molecule has 0 spiro atoms. The number of thiazole rings is 2. The second kappa shape index (κ2) is 3.71. The highest BCUT2D eigenvalue weighted by Gasteiger charge is 2.07. The van der Waals surface area contributed by atoms with Crippen LogP contribution in [0.1, 0.15) is 5.69 Å². The van der Waals surface area contributed by atoms with E-state index < -0.39 is 0 Å². The van der Waals surface area contributed by atoms with E-state index in [0.29, 0.717) is 10.9 Å². The van der Waals surface area contributed by atoms with Crippen LogP contribution in [-0.2, 0) is 6.54 Å². The highest BCUT2D eigenvalue weighted by Crippen LogP contribution is 2.30. The Balaban J connectivity index is 2.35. The van der Waals surface area contributed by atoms with Crippen molar-refractivity contribution in [3.05, 3.63) is 21.6 Å². The molecule has 0 bridgehead atoms. The van der Waals surface area contributed by atoms with E-state index in [-0.39, 0.29) is 0 Å². The smallest absolute Gasteiger partial charge is 0.153 e. The van der Waals surface area contributed by atoms with Crippen LogP contribution in [0.4, 0.5) is 0 Å². The maximum atomic E-state index is 5.76. The normalized spacial score (nSPS) is 10.6. The van der Waals surface area contributed by atoms with Crippen LogP contribution in [0.2, 0.25) is 4.34 Å². The Kier molecular flexibility index (Phi) is 2.59. The maximum absolute atomic E-state index is 5.76. The number of nitrogens with two attached hydrogens (primary N) is 1. The Morgan fingerprint density at radius 2 is 2.31 bits per heavy atom. The Bertz CT molecular complexity index is 409. The molecule has 0 aliphatic rings. The molecule has 0 atom stereocenters. The second-order valence-corrected chi connectivity index (χ2v) is 4.84. The van der Waals surface area contributed by atoms with Crippen LogP contribution in [0, 0.1) is 0 Å². The van der Waals surface area contributed by atoms with Crippen LogP contribution in [0.3, 0.4) is 0 Å². The lowest BCUT2D eigenvalue weighted by molar-refractivity contribution is 1.01. The Morgan fingerprint density at radius 3 is 2.85 bits per heavy atom. The van der Waals surface area contributed by atoms with Crippen molar-refractivity contribution in [2.75, 3.05) is 0 Å². The molecular formula is C7H6ClN3S2. The lowest BCUT2D eigenvalue weighted by atomic mass is 10.5. The van der Waals surface area contributed by atoms with Crippen LogP contribution < -0.4 is 5.73 Å². The van der Waals surface area contributed by atoms with E-state index in [1.54, 1.807) is 6.20 Å². The standard InChI is InChI=1S/C7H6ClN3S2/c8-5-2-10-6(13-5)7-11-4(1-9)3-12-7/h2-3H,1,9H2. The Hall–Kier alpha value is -0.490. The predicted molar refractivity (Wildman–Crippen MR) is 56.1 cm³/mol. The van der Waals surface area contributed by atoms with Gasteiger partial charge < -0.3 is 5.73 Å². The lowest BCUT2D eigenvalue weighted by Crippen LogP contribution is -1.95. The molecule has 0 aliphatic carbocycles. The van der Waals surface area contributed by atoms with E-state index in [2.05, 4.69) is 9.97 Å². The quantitative estimate of drug-likeness (QED) is 0.864. The summed E-state index contributed by atoms with van der Waals surface area (Å²) in [6.45, 7) is 0.468. The van der Waals surface area contributed by atoms with Gasteiger partial charge in [-0.15, -0.1) is 11.3 Å². The third-order valence-electron chi connectivity index (χ3n) is 1.42. The van der Waals surface area contributed by atoms with Crippen LogP contribution in [0.15, 0.2) is 11.6 Å². The molecule has 3 nitrogen and oxygen atoms in total. The van der Waals surface area contributed by atoms with Gasteiger partial charge in [0.2, 0.25) is 0 Å². The number of aromatic nitrogens is 2. The molecule has 0 saturated carbocycles. The van der Waals surface area contributed by atoms with Crippen LogP contribution in [0.25, 0.3) is 10.0 Å². The summed E-state index contributed by atoms with van der Waals surface area (Å²) in [6.07, 6.45) is 1.63. The van der Waals surface area contributed by atoms with Gasteiger partial charge in [0.05, 0.1) is 11.9 Å². The van der Waals surface area contributed by atoms with Gasteiger partial charge in [0.25, 0.3) is 0 Å². The SMILES string of the molecule is NCc1csc(-c2ncc(Cl)s2)n1. The molecule has 2 aromatic heterocycles. The number of nitrogens with zero attached hydrogens (tertiary/aromatic N) is 2. The van der Waals surface area contributed by atoms with Crippen LogP contribution in [-0.4, -0.2) is 9.97 Å². The van der Waals surface area contributed by atoms with Gasteiger partial charge in [-0.25, -0.2) is 9.97 Å². The largest absolute Gasteiger partial charge is 0.325 e. The van der Waals surface area contributed by atoms with Gasteiger partial charge in [-0.3, -0.25) is 0 Å². The van der Waals surface area contributed by atoms with Gasteiger partial charge in [0.15, 0.2) is 10.0 Å². The summed E-state index contributed by atoms with van der Waals surface area (Å²) >= 11 is 8.72. The first-order chi connectivity index (χ1) is 6.29. The van der Waals surface area contributed by atoms with Crippen LogP contribution >= 0.6 is 34.3 Å². The average Bonchev–Trinajstić information content (AvgIpc) is 2.71. The minimum absolute atomic E-state index is 0.468. The molecule has 0 unspecified atom stereocenters. The van der Waals surface area contributed by atoms with Gasteiger partial charge in [-0.05, 0) is 0 Å². The topological polar surface area (TPSA) is 51.8 Å². The molecule has 2 heterocycles. The van der Waals surface area contributed by atoms with E-state index in [9.17, 15) is 0 Å². The van der Waals surface area contributed by atoms with Crippen molar-refractivity contribution in [1.29, 1.82) is 0 Å². The van der Waals surface area contributed by atoms with Crippen molar-refractivity contribution < 1.29 is 0 Å². The lowest BCUT2D eigenvalue weighted by Gasteiger charge is -1.85. The van der Waals surface area contributed by atoms with Crippen molar-refractivity contribution in [2.45, 2.75) is 6.54 Å². The number of hydrogen-bond acceptors (Lipinski definition) is 5. The summed E-state index contributed by atoms with van der Waals surface area (Å²) < 4.78 is 0.680. The molecule has 0 aromatic carbocycles. The van der Waals surface area contributed by atoms with Crippen molar-refractivity contribution in [1.82, 2.24) is 9.97 Å². The fourth-order valence-corrected chi connectivity index (χ4v) is 2.64. The van der Waals surface area contributed by atoms with E-state index >= 15 is 0 Å². The molecule has 0 amide bonds. The fourth-order valence-electron chi connectivity index (χ4n) is 0.852. The fraction of sp³-hybridized carbons (Fsp3) is 0.143. The summed E-state index contributed by atoms with van der Waals surface area (Å²) in [5.74, 6) is 0. The molecule has 2 rings (SSSR count). The summed E-state index contributed by atoms with van der Waals surface area (Å²) in [6, 6.07) is 0. The molecule has 0 radical (unpaired) electrons. The van der Waals surface area contributed by atoms with E-state index in [4.69, 9.17) is 17.3 Å². The Morgan fingerprint density at radius 1 is 1.46 bits per heavy atom. The summed E-state index contributed by atoms with van der Waals surface area (Å²) in [7, 11) is 0. The minimum atomic E-state index is 0.468. The zero-order chi connectivity index (χ0) is 9.26. The van der Waals surface area contributed by atoms with Crippen molar-refractivity contribution in [3.63, 3.8) is 0 Å². The van der Waals surface area contributed by atoms with Gasteiger partial charge in [0.1, 0.15) is 4.34 Å². The zero-order valence-corrected chi connectivity index (χ0v) is 8.92. The predicted octanol–water partition coefficient (Wildman–Crippen LogP) is 2.38. The van der Waals surface area contributed by atoms with Crippen molar-refractivity contribution in [2.24, 2.45) is 5.73 Å². The van der Waals surface area contributed by atoms with Crippen molar-refractivity contribution in [3.8, 4) is 10.0 Å². The molecule has 13 heavy (non-hydrogen) atoms. The first-order valence-corrected chi connectivity index (χ1v) is 5.63. The van der Waals surface area contributed by atoms with E-state index in [1.807, 2.05) is 5.38 Å². The maximum Gasteiger partial charge on any atom is 0.153 e. The second-order valence-electron chi connectivity index (χ2n) is 2.32. The summed E-state index contributed by atoms with van der Waals surface area (Å²) in [5, 5.41) is 3.68. The zero-order valence-electron chi connectivity index (χ0n) is 6.53. The summed E-state index contributed by atoms with van der Waals surface area (Å²) in [5.41, 5.74) is 6.34. The van der Waals surface area contributed by atoms with Crippen molar-refractivity contribution >= 4 is 34.3 Å². The highest BCUT2D eigenvalue weighted by molar-refractivity contribution is 7.22. The molecule has 0 fully saturated rings. The van der Waals surface area contributed by atoms with Gasteiger partial charge in [-0.1, -0.05) is 22.9 Å². The van der Waals surface area contributed by atoms with E-state index in [1.165, 1.54) is 22.7 Å². The number of rotatable bonds is 2. The third-order valence-corrected chi connectivity index (χ3v) is 3.57. The number of halogens is 1. The molecule has 6 heteroatoms.